The molecule has 0 fully saturated rings. The van der Waals surface area contributed by atoms with Crippen molar-refractivity contribution in [1.29, 1.82) is 0 Å². The summed E-state index contributed by atoms with van der Waals surface area (Å²) >= 11 is 0. The van der Waals surface area contributed by atoms with Gasteiger partial charge in [0.2, 0.25) is 5.91 Å². The van der Waals surface area contributed by atoms with Crippen LogP contribution in [-0.4, -0.2) is 36.5 Å². The van der Waals surface area contributed by atoms with Crippen molar-refractivity contribution in [1.82, 2.24) is 23.6 Å². The largest absolute Gasteiger partial charge is 0.340 e. The molecule has 2 aromatic heterocycles. The third kappa shape index (κ3) is 3.16. The number of carbonyl (C=O) groups excluding carboxylic acids is 1. The van der Waals surface area contributed by atoms with Crippen LogP contribution >= 0.6 is 0 Å². The molecule has 9 heteroatoms. The molecule has 0 bridgehead atoms. The predicted octanol–water partition coefficient (Wildman–Crippen LogP) is 0.792. The highest BCUT2D eigenvalue weighted by atomic mass is 19.1. The van der Waals surface area contributed by atoms with Crippen LogP contribution in [0.15, 0.2) is 40.2 Å². The van der Waals surface area contributed by atoms with E-state index >= 15 is 0 Å². The summed E-state index contributed by atoms with van der Waals surface area (Å²) in [6.07, 6.45) is 1.38. The molecule has 8 nitrogen and oxygen atoms in total. The lowest BCUT2D eigenvalue weighted by molar-refractivity contribution is -0.133. The van der Waals surface area contributed by atoms with Gasteiger partial charge in [-0.1, -0.05) is 12.1 Å². The zero-order valence-electron chi connectivity index (χ0n) is 15.5. The summed E-state index contributed by atoms with van der Waals surface area (Å²) in [6.45, 7) is 1.88. The van der Waals surface area contributed by atoms with E-state index in [9.17, 15) is 18.8 Å². The molecule has 1 amide bonds. The van der Waals surface area contributed by atoms with E-state index in [1.807, 2.05) is 0 Å². The molecule has 3 rings (SSSR count). The average molecular weight is 373 g/mol. The lowest BCUT2D eigenvalue weighted by Gasteiger charge is -2.22. The Balaban J connectivity index is 1.96. The van der Waals surface area contributed by atoms with Crippen LogP contribution in [0.4, 0.5) is 4.39 Å². The first-order valence-corrected chi connectivity index (χ1v) is 8.34. The van der Waals surface area contributed by atoms with Gasteiger partial charge < -0.3 is 9.47 Å². The Kier molecular flexibility index (Phi) is 4.69. The lowest BCUT2D eigenvalue weighted by Crippen LogP contribution is -2.38. The molecule has 0 spiro atoms. The molecule has 0 N–H and O–H groups in total. The summed E-state index contributed by atoms with van der Waals surface area (Å²) in [5, 5.41) is 0. The van der Waals surface area contributed by atoms with E-state index in [0.29, 0.717) is 5.56 Å². The maximum atomic E-state index is 13.3. The second-order valence-electron chi connectivity index (χ2n) is 6.53. The van der Waals surface area contributed by atoms with Gasteiger partial charge >= 0.3 is 5.69 Å². The molecule has 2 heterocycles. The van der Waals surface area contributed by atoms with E-state index in [0.717, 1.165) is 4.57 Å². The van der Waals surface area contributed by atoms with E-state index in [1.165, 1.54) is 46.6 Å². The van der Waals surface area contributed by atoms with Crippen molar-refractivity contribution in [3.8, 4) is 0 Å². The van der Waals surface area contributed by atoms with Crippen LogP contribution in [0.1, 0.15) is 18.5 Å². The predicted molar refractivity (Wildman–Crippen MR) is 97.8 cm³/mol. The molecule has 0 saturated heterocycles. The van der Waals surface area contributed by atoms with Crippen LogP contribution in [0, 0.1) is 5.82 Å². The first-order chi connectivity index (χ1) is 12.7. The Hall–Kier alpha value is -3.23. The highest BCUT2D eigenvalue weighted by molar-refractivity contribution is 5.82. The Morgan fingerprint density at radius 2 is 1.96 bits per heavy atom. The van der Waals surface area contributed by atoms with E-state index in [4.69, 9.17) is 0 Å². The summed E-state index contributed by atoms with van der Waals surface area (Å²) < 4.78 is 17.1. The molecular formula is C18H20FN5O3. The molecule has 3 aromatic rings. The van der Waals surface area contributed by atoms with Gasteiger partial charge in [0.25, 0.3) is 5.56 Å². The standard InChI is InChI=1S/C18H20FN5O3/c1-11(16(25)21(2)9-12-6-5-7-13(19)8-12)24-10-20-15-14(24)17(26)23(4)18(27)22(15)3/h5-8,10-11H,9H2,1-4H3/t11-/m0/s1. The minimum atomic E-state index is -0.723. The van der Waals surface area contributed by atoms with Gasteiger partial charge in [-0.05, 0) is 24.6 Å². The smallest absolute Gasteiger partial charge is 0.332 e. The fourth-order valence-electron chi connectivity index (χ4n) is 3.08. The number of aromatic nitrogens is 4. The van der Waals surface area contributed by atoms with Gasteiger partial charge in [0.1, 0.15) is 11.9 Å². The van der Waals surface area contributed by atoms with E-state index in [2.05, 4.69) is 4.98 Å². The van der Waals surface area contributed by atoms with Crippen LogP contribution in [0.25, 0.3) is 11.2 Å². The first-order valence-electron chi connectivity index (χ1n) is 8.34. The monoisotopic (exact) mass is 373 g/mol. The van der Waals surface area contributed by atoms with Crippen LogP contribution in [0.3, 0.4) is 0 Å². The highest BCUT2D eigenvalue weighted by Crippen LogP contribution is 2.16. The minimum Gasteiger partial charge on any atom is -0.340 e. The maximum Gasteiger partial charge on any atom is 0.332 e. The molecule has 0 saturated carbocycles. The SMILES string of the molecule is C[C@@H](C(=O)N(C)Cc1cccc(F)c1)n1cnc2c1c(=O)n(C)c(=O)n2C. The lowest BCUT2D eigenvalue weighted by atomic mass is 10.2. The number of benzene rings is 1. The number of aryl methyl sites for hydroxylation is 1. The van der Waals surface area contributed by atoms with Gasteiger partial charge in [0, 0.05) is 27.7 Å². The zero-order chi connectivity index (χ0) is 19.9. The minimum absolute atomic E-state index is 0.180. The van der Waals surface area contributed by atoms with Gasteiger partial charge in [-0.2, -0.15) is 0 Å². The van der Waals surface area contributed by atoms with Crippen LogP contribution < -0.4 is 11.2 Å². The quantitative estimate of drug-likeness (QED) is 0.677. The van der Waals surface area contributed by atoms with E-state index in [1.54, 1.807) is 26.1 Å². The second-order valence-corrected chi connectivity index (χ2v) is 6.53. The van der Waals surface area contributed by atoms with Crippen molar-refractivity contribution in [3.63, 3.8) is 0 Å². The number of carbonyl (C=O) groups is 1. The first kappa shape index (κ1) is 18.6. The summed E-state index contributed by atoms with van der Waals surface area (Å²) in [5.41, 5.74) is 0.0555. The molecule has 0 aliphatic carbocycles. The van der Waals surface area contributed by atoms with Crippen molar-refractivity contribution in [2.75, 3.05) is 7.05 Å². The highest BCUT2D eigenvalue weighted by Gasteiger charge is 2.24. The Labute approximate surface area is 154 Å². The number of rotatable bonds is 4. The van der Waals surface area contributed by atoms with Gasteiger partial charge in [-0.15, -0.1) is 0 Å². The van der Waals surface area contributed by atoms with E-state index < -0.39 is 17.3 Å². The number of hydrogen-bond acceptors (Lipinski definition) is 4. The topological polar surface area (TPSA) is 82.1 Å². The third-order valence-corrected chi connectivity index (χ3v) is 4.63. The van der Waals surface area contributed by atoms with Crippen molar-refractivity contribution < 1.29 is 9.18 Å². The summed E-state index contributed by atoms with van der Waals surface area (Å²) in [6, 6.07) is 5.30. The van der Waals surface area contributed by atoms with Gasteiger partial charge in [-0.25, -0.2) is 14.2 Å². The molecule has 0 radical (unpaired) electrons. The number of nitrogens with zero attached hydrogens (tertiary/aromatic N) is 5. The average Bonchev–Trinajstić information content (AvgIpc) is 3.08. The number of hydrogen-bond donors (Lipinski definition) is 0. The van der Waals surface area contributed by atoms with Gasteiger partial charge in [0.05, 0.1) is 6.33 Å². The molecule has 27 heavy (non-hydrogen) atoms. The molecule has 0 unspecified atom stereocenters. The normalized spacial score (nSPS) is 12.3. The molecule has 0 aliphatic heterocycles. The van der Waals surface area contributed by atoms with Crippen LogP contribution in [-0.2, 0) is 25.4 Å². The van der Waals surface area contributed by atoms with Crippen molar-refractivity contribution >= 4 is 17.1 Å². The van der Waals surface area contributed by atoms with Crippen molar-refractivity contribution in [3.05, 3.63) is 62.8 Å². The van der Waals surface area contributed by atoms with Crippen molar-refractivity contribution in [2.45, 2.75) is 19.5 Å². The summed E-state index contributed by atoms with van der Waals surface area (Å²) in [5.74, 6) is -0.638. The second kappa shape index (κ2) is 6.82. The molecule has 1 atom stereocenters. The molecule has 0 aliphatic rings. The van der Waals surface area contributed by atoms with Gasteiger partial charge in [0.15, 0.2) is 11.2 Å². The molecular weight excluding hydrogens is 353 g/mol. The number of halogens is 1. The summed E-state index contributed by atoms with van der Waals surface area (Å²) in [7, 11) is 4.50. The fourth-order valence-corrected chi connectivity index (χ4v) is 3.08. The van der Waals surface area contributed by atoms with Gasteiger partial charge in [-0.3, -0.25) is 18.7 Å². The Morgan fingerprint density at radius 1 is 1.26 bits per heavy atom. The zero-order valence-corrected chi connectivity index (χ0v) is 15.5. The number of fused-ring (bicyclic) bond motifs is 1. The van der Waals surface area contributed by atoms with Crippen LogP contribution in [0.5, 0.6) is 0 Å². The van der Waals surface area contributed by atoms with Crippen molar-refractivity contribution in [2.24, 2.45) is 14.1 Å². The fraction of sp³-hybridized carbons (Fsp3) is 0.333. The molecule has 1 aromatic carbocycles. The van der Waals surface area contributed by atoms with Crippen LogP contribution in [0.2, 0.25) is 0 Å². The van der Waals surface area contributed by atoms with E-state index in [-0.39, 0.29) is 29.4 Å². The number of likely N-dealkylation sites (N-methyl/N-ethyl adjacent to an activating group) is 1. The Morgan fingerprint density at radius 3 is 2.63 bits per heavy atom. The Bertz CT molecular complexity index is 1140. The number of imidazole rings is 1. The molecule has 142 valence electrons. The third-order valence-electron chi connectivity index (χ3n) is 4.63. The summed E-state index contributed by atoms with van der Waals surface area (Å²) in [4.78, 5) is 43.0. The maximum absolute atomic E-state index is 13.3. The number of amides is 1.